The van der Waals surface area contributed by atoms with Gasteiger partial charge in [-0.2, -0.15) is 0 Å². The minimum absolute atomic E-state index is 0.307. The molecule has 0 aromatic heterocycles. The Hall–Kier alpha value is -1.10. The van der Waals surface area contributed by atoms with E-state index in [1.807, 2.05) is 0 Å². The molecule has 2 heterocycles. The van der Waals surface area contributed by atoms with Gasteiger partial charge in [0.1, 0.15) is 5.75 Å². The van der Waals surface area contributed by atoms with E-state index in [-0.39, 0.29) is 0 Å². The topological polar surface area (TPSA) is 35.9 Å². The number of nitrogens with zero attached hydrogens (tertiary/aromatic N) is 2. The number of ether oxygens (including phenoxy) is 1. The Morgan fingerprint density at radius 3 is 2.68 bits per heavy atom. The van der Waals surface area contributed by atoms with E-state index in [4.69, 9.17) is 9.84 Å². The van der Waals surface area contributed by atoms with Gasteiger partial charge in [0.15, 0.2) is 0 Å². The number of aliphatic hydroxyl groups is 1. The average molecular weight is 304 g/mol. The molecule has 0 radical (unpaired) electrons. The van der Waals surface area contributed by atoms with Crippen LogP contribution < -0.4 is 4.74 Å². The summed E-state index contributed by atoms with van der Waals surface area (Å²) in [5.41, 5.74) is 1.37. The van der Waals surface area contributed by atoms with Crippen LogP contribution in [0.3, 0.4) is 0 Å². The maximum Gasteiger partial charge on any atom is 0.122 e. The number of hydrogen-bond acceptors (Lipinski definition) is 4. The third-order valence-electron chi connectivity index (χ3n) is 4.88. The summed E-state index contributed by atoms with van der Waals surface area (Å²) in [7, 11) is 0. The van der Waals surface area contributed by atoms with Crippen molar-refractivity contribution in [3.05, 3.63) is 29.8 Å². The van der Waals surface area contributed by atoms with Crippen LogP contribution in [-0.2, 0) is 6.42 Å². The first-order chi connectivity index (χ1) is 10.8. The van der Waals surface area contributed by atoms with Gasteiger partial charge < -0.3 is 19.6 Å². The summed E-state index contributed by atoms with van der Waals surface area (Å²) >= 11 is 0. The van der Waals surface area contributed by atoms with Gasteiger partial charge in [0.25, 0.3) is 0 Å². The van der Waals surface area contributed by atoms with Gasteiger partial charge in [-0.1, -0.05) is 18.2 Å². The number of hydrogen-bond donors (Lipinski definition) is 1. The van der Waals surface area contributed by atoms with Crippen LogP contribution in [0.25, 0.3) is 0 Å². The molecular weight excluding hydrogens is 276 g/mol. The minimum atomic E-state index is 0.307. The maximum absolute atomic E-state index is 8.92. The van der Waals surface area contributed by atoms with Crippen LogP contribution in [0, 0.1) is 5.92 Å². The molecule has 0 spiro atoms. The number of rotatable bonds is 5. The predicted octanol–water partition coefficient (Wildman–Crippen LogP) is 1.63. The third-order valence-corrected chi connectivity index (χ3v) is 4.88. The molecule has 122 valence electrons. The van der Waals surface area contributed by atoms with Crippen molar-refractivity contribution in [3.8, 4) is 5.75 Å². The lowest BCUT2D eigenvalue weighted by Crippen LogP contribution is -2.48. The average Bonchev–Trinajstić information content (AvgIpc) is 2.76. The van der Waals surface area contributed by atoms with Crippen molar-refractivity contribution in [1.29, 1.82) is 0 Å². The number of fused-ring (bicyclic) bond motifs is 1. The van der Waals surface area contributed by atoms with E-state index in [2.05, 4.69) is 34.1 Å². The van der Waals surface area contributed by atoms with E-state index in [1.54, 1.807) is 0 Å². The Morgan fingerprint density at radius 2 is 1.86 bits per heavy atom. The number of piperazine rings is 1. The molecule has 2 aliphatic heterocycles. The SMILES string of the molecule is OCCCN1CCN(C[C@@H]2CCOc3ccccc3C2)CC1. The van der Waals surface area contributed by atoms with Crippen molar-refractivity contribution < 1.29 is 9.84 Å². The fourth-order valence-electron chi connectivity index (χ4n) is 3.57. The lowest BCUT2D eigenvalue weighted by Gasteiger charge is -2.36. The zero-order valence-electron chi connectivity index (χ0n) is 13.4. The summed E-state index contributed by atoms with van der Waals surface area (Å²) in [4.78, 5) is 5.08. The largest absolute Gasteiger partial charge is 0.493 e. The highest BCUT2D eigenvalue weighted by Crippen LogP contribution is 2.27. The summed E-state index contributed by atoms with van der Waals surface area (Å²) in [6, 6.07) is 8.48. The fourth-order valence-corrected chi connectivity index (χ4v) is 3.57. The van der Waals surface area contributed by atoms with Crippen LogP contribution in [0.15, 0.2) is 24.3 Å². The van der Waals surface area contributed by atoms with Crippen LogP contribution in [0.5, 0.6) is 5.75 Å². The molecule has 22 heavy (non-hydrogen) atoms. The summed E-state index contributed by atoms with van der Waals surface area (Å²) in [5, 5.41) is 8.92. The van der Waals surface area contributed by atoms with Crippen LogP contribution in [-0.4, -0.2) is 67.4 Å². The Labute approximate surface area is 133 Å². The minimum Gasteiger partial charge on any atom is -0.493 e. The van der Waals surface area contributed by atoms with Crippen molar-refractivity contribution in [2.45, 2.75) is 19.3 Å². The molecule has 1 N–H and O–H groups in total. The highest BCUT2D eigenvalue weighted by atomic mass is 16.5. The summed E-state index contributed by atoms with van der Waals surface area (Å²) < 4.78 is 5.88. The quantitative estimate of drug-likeness (QED) is 0.897. The lowest BCUT2D eigenvalue weighted by atomic mass is 9.96. The second kappa shape index (κ2) is 7.95. The molecular formula is C18H28N2O2. The molecule has 1 aromatic carbocycles. The molecule has 1 fully saturated rings. The molecule has 0 unspecified atom stereocenters. The fraction of sp³-hybridized carbons (Fsp3) is 0.667. The smallest absolute Gasteiger partial charge is 0.122 e. The Bertz CT molecular complexity index is 458. The van der Waals surface area contributed by atoms with Gasteiger partial charge in [-0.05, 0) is 36.8 Å². The highest BCUT2D eigenvalue weighted by molar-refractivity contribution is 5.34. The number of aliphatic hydroxyl groups excluding tert-OH is 1. The maximum atomic E-state index is 8.92. The molecule has 1 aromatic rings. The first kappa shape index (κ1) is 15.8. The van der Waals surface area contributed by atoms with Crippen LogP contribution >= 0.6 is 0 Å². The molecule has 4 nitrogen and oxygen atoms in total. The molecule has 0 amide bonds. The van der Waals surface area contributed by atoms with E-state index in [1.165, 1.54) is 12.1 Å². The van der Waals surface area contributed by atoms with Gasteiger partial charge in [-0.25, -0.2) is 0 Å². The number of benzene rings is 1. The Kier molecular flexibility index (Phi) is 5.70. The van der Waals surface area contributed by atoms with E-state index in [0.29, 0.717) is 12.5 Å². The first-order valence-corrected chi connectivity index (χ1v) is 8.61. The standard InChI is InChI=1S/C18H28N2O2/c21-12-3-7-19-8-10-20(11-9-19)15-16-6-13-22-18-5-2-1-4-17(18)14-16/h1-2,4-5,16,21H,3,6-15H2/t16-/m1/s1. The van der Waals surface area contributed by atoms with Crippen LogP contribution in [0.2, 0.25) is 0 Å². The van der Waals surface area contributed by atoms with Gasteiger partial charge in [0.05, 0.1) is 6.61 Å². The van der Waals surface area contributed by atoms with Gasteiger partial charge in [0.2, 0.25) is 0 Å². The Morgan fingerprint density at radius 1 is 1.09 bits per heavy atom. The monoisotopic (exact) mass is 304 g/mol. The third kappa shape index (κ3) is 4.22. The van der Waals surface area contributed by atoms with Gasteiger partial charge in [-0.15, -0.1) is 0 Å². The highest BCUT2D eigenvalue weighted by Gasteiger charge is 2.22. The normalized spacial score (nSPS) is 23.6. The summed E-state index contributed by atoms with van der Waals surface area (Å²) in [5.74, 6) is 1.78. The van der Waals surface area contributed by atoms with Crippen LogP contribution in [0.4, 0.5) is 0 Å². The van der Waals surface area contributed by atoms with Crippen LogP contribution in [0.1, 0.15) is 18.4 Å². The molecule has 0 saturated carbocycles. The first-order valence-electron chi connectivity index (χ1n) is 8.61. The molecule has 1 atom stereocenters. The second-order valence-electron chi connectivity index (χ2n) is 6.53. The van der Waals surface area contributed by atoms with E-state index < -0.39 is 0 Å². The second-order valence-corrected chi connectivity index (χ2v) is 6.53. The van der Waals surface area contributed by atoms with Crippen molar-refractivity contribution in [2.24, 2.45) is 5.92 Å². The number of para-hydroxylation sites is 1. The van der Waals surface area contributed by atoms with E-state index in [9.17, 15) is 0 Å². The summed E-state index contributed by atoms with van der Waals surface area (Å²) in [6.45, 7) is 7.97. The lowest BCUT2D eigenvalue weighted by molar-refractivity contribution is 0.108. The van der Waals surface area contributed by atoms with Gasteiger partial charge in [0, 0.05) is 45.9 Å². The molecule has 2 aliphatic rings. The molecule has 4 heteroatoms. The van der Waals surface area contributed by atoms with E-state index in [0.717, 1.165) is 64.3 Å². The molecule has 3 rings (SSSR count). The molecule has 0 bridgehead atoms. The van der Waals surface area contributed by atoms with Gasteiger partial charge >= 0.3 is 0 Å². The van der Waals surface area contributed by atoms with Crippen molar-refractivity contribution >= 4 is 0 Å². The molecule has 0 aliphatic carbocycles. The molecule has 1 saturated heterocycles. The summed E-state index contributed by atoms with van der Waals surface area (Å²) in [6.07, 6.45) is 3.19. The van der Waals surface area contributed by atoms with E-state index >= 15 is 0 Å². The van der Waals surface area contributed by atoms with Gasteiger partial charge in [-0.3, -0.25) is 0 Å². The Balaban J connectivity index is 1.48. The predicted molar refractivity (Wildman–Crippen MR) is 88.3 cm³/mol. The zero-order chi connectivity index (χ0) is 15.2. The van der Waals surface area contributed by atoms with Crippen molar-refractivity contribution in [1.82, 2.24) is 9.80 Å². The van der Waals surface area contributed by atoms with Crippen molar-refractivity contribution in [3.63, 3.8) is 0 Å². The zero-order valence-corrected chi connectivity index (χ0v) is 13.4. The van der Waals surface area contributed by atoms with Crippen molar-refractivity contribution in [2.75, 3.05) is 52.5 Å².